The highest BCUT2D eigenvalue weighted by Gasteiger charge is 2.13. The molecule has 0 unspecified atom stereocenters. The molecule has 0 fully saturated rings. The van der Waals surface area contributed by atoms with Crippen LogP contribution in [0.1, 0.15) is 30.9 Å². The second-order valence-electron chi connectivity index (χ2n) is 5.05. The van der Waals surface area contributed by atoms with Gasteiger partial charge in [-0.25, -0.2) is 4.39 Å². The van der Waals surface area contributed by atoms with Gasteiger partial charge < -0.3 is 10.5 Å². The van der Waals surface area contributed by atoms with Gasteiger partial charge in [0.2, 0.25) is 0 Å². The number of benzene rings is 2. The number of aryl methyl sites for hydroxylation is 1. The predicted molar refractivity (Wildman–Crippen MR) is 81.2 cm³/mol. The van der Waals surface area contributed by atoms with Gasteiger partial charge in [-0.05, 0) is 48.2 Å². The first-order chi connectivity index (χ1) is 9.40. The summed E-state index contributed by atoms with van der Waals surface area (Å²) in [4.78, 5) is 0. The van der Waals surface area contributed by atoms with E-state index in [4.69, 9.17) is 22.1 Å². The number of para-hydroxylation sites is 1. The number of ether oxygens (including phenoxy) is 1. The van der Waals surface area contributed by atoms with Gasteiger partial charge in [0, 0.05) is 5.02 Å². The second kappa shape index (κ2) is 5.71. The topological polar surface area (TPSA) is 35.2 Å². The van der Waals surface area contributed by atoms with Gasteiger partial charge in [-0.2, -0.15) is 0 Å². The lowest BCUT2D eigenvalue weighted by molar-refractivity contribution is 0.475. The fourth-order valence-electron chi connectivity index (χ4n) is 1.95. The minimum Gasteiger partial charge on any atom is -0.455 e. The lowest BCUT2D eigenvalue weighted by Gasteiger charge is -2.15. The van der Waals surface area contributed by atoms with Crippen molar-refractivity contribution in [1.82, 2.24) is 0 Å². The Hall–Kier alpha value is -1.74. The van der Waals surface area contributed by atoms with Crippen LogP contribution in [0, 0.1) is 12.7 Å². The molecule has 0 spiro atoms. The summed E-state index contributed by atoms with van der Waals surface area (Å²) in [5.74, 6) is 0.731. The SMILES string of the molecule is Cc1cc(Cl)c(C(C)C)cc1Oc1cccc(F)c1N. The smallest absolute Gasteiger partial charge is 0.153 e. The Balaban J connectivity index is 2.43. The fraction of sp³-hybridized carbons (Fsp3) is 0.250. The van der Waals surface area contributed by atoms with Crippen LogP contribution in [0.25, 0.3) is 0 Å². The van der Waals surface area contributed by atoms with Crippen molar-refractivity contribution in [2.45, 2.75) is 26.7 Å². The number of halogens is 2. The van der Waals surface area contributed by atoms with Crippen molar-refractivity contribution in [2.24, 2.45) is 0 Å². The highest BCUT2D eigenvalue weighted by molar-refractivity contribution is 6.31. The standard InChI is InChI=1S/C16H17ClFNO/c1-9(2)11-8-15(10(3)7-12(11)17)20-14-6-4-5-13(18)16(14)19/h4-9H,19H2,1-3H3. The molecule has 0 bridgehead atoms. The van der Waals surface area contributed by atoms with Crippen LogP contribution in [0.4, 0.5) is 10.1 Å². The molecule has 0 aromatic heterocycles. The quantitative estimate of drug-likeness (QED) is 0.781. The minimum absolute atomic E-state index is 0.00736. The Bertz CT molecular complexity index is 641. The first-order valence-corrected chi connectivity index (χ1v) is 6.79. The molecule has 2 aromatic carbocycles. The summed E-state index contributed by atoms with van der Waals surface area (Å²) in [6.45, 7) is 5.99. The van der Waals surface area contributed by atoms with Crippen LogP contribution in [0.5, 0.6) is 11.5 Å². The largest absolute Gasteiger partial charge is 0.455 e. The molecule has 0 saturated carbocycles. The molecule has 0 amide bonds. The molecule has 2 aromatic rings. The molecule has 4 heteroatoms. The van der Waals surface area contributed by atoms with Gasteiger partial charge in [0.1, 0.15) is 17.3 Å². The molecule has 2 nitrogen and oxygen atoms in total. The van der Waals surface area contributed by atoms with Crippen molar-refractivity contribution >= 4 is 17.3 Å². The molecular weight excluding hydrogens is 277 g/mol. The van der Waals surface area contributed by atoms with Crippen LogP contribution in [-0.2, 0) is 0 Å². The first kappa shape index (κ1) is 14.7. The van der Waals surface area contributed by atoms with E-state index in [0.29, 0.717) is 16.5 Å². The van der Waals surface area contributed by atoms with Crippen LogP contribution >= 0.6 is 11.6 Å². The number of anilines is 1. The van der Waals surface area contributed by atoms with Crippen molar-refractivity contribution in [3.05, 3.63) is 52.3 Å². The Morgan fingerprint density at radius 1 is 1.20 bits per heavy atom. The van der Waals surface area contributed by atoms with E-state index >= 15 is 0 Å². The lowest BCUT2D eigenvalue weighted by Crippen LogP contribution is -1.98. The van der Waals surface area contributed by atoms with Crippen molar-refractivity contribution in [1.29, 1.82) is 0 Å². The molecule has 2 rings (SSSR count). The van der Waals surface area contributed by atoms with Gasteiger partial charge in [0.15, 0.2) is 5.75 Å². The van der Waals surface area contributed by atoms with Gasteiger partial charge in [0.25, 0.3) is 0 Å². The van der Waals surface area contributed by atoms with Crippen LogP contribution in [0.2, 0.25) is 5.02 Å². The maximum absolute atomic E-state index is 13.4. The van der Waals surface area contributed by atoms with E-state index in [-0.39, 0.29) is 11.6 Å². The van der Waals surface area contributed by atoms with E-state index in [9.17, 15) is 4.39 Å². The summed E-state index contributed by atoms with van der Waals surface area (Å²) >= 11 is 6.22. The summed E-state index contributed by atoms with van der Waals surface area (Å²) in [5.41, 5.74) is 7.56. The van der Waals surface area contributed by atoms with Crippen LogP contribution in [0.15, 0.2) is 30.3 Å². The third-order valence-corrected chi connectivity index (χ3v) is 3.48. The van der Waals surface area contributed by atoms with E-state index in [1.165, 1.54) is 6.07 Å². The lowest BCUT2D eigenvalue weighted by atomic mass is 10.0. The van der Waals surface area contributed by atoms with Crippen molar-refractivity contribution < 1.29 is 9.13 Å². The number of rotatable bonds is 3. The molecule has 20 heavy (non-hydrogen) atoms. The molecule has 0 aliphatic carbocycles. The highest BCUT2D eigenvalue weighted by atomic mass is 35.5. The molecule has 0 aliphatic heterocycles. The fourth-order valence-corrected chi connectivity index (χ4v) is 2.38. The van der Waals surface area contributed by atoms with Gasteiger partial charge in [-0.3, -0.25) is 0 Å². The molecule has 0 radical (unpaired) electrons. The molecule has 2 N–H and O–H groups in total. The Morgan fingerprint density at radius 2 is 1.90 bits per heavy atom. The average molecular weight is 294 g/mol. The van der Waals surface area contributed by atoms with E-state index in [2.05, 4.69) is 13.8 Å². The Labute approximate surface area is 123 Å². The van der Waals surface area contributed by atoms with Crippen LogP contribution in [0.3, 0.4) is 0 Å². The summed E-state index contributed by atoms with van der Waals surface area (Å²) < 4.78 is 19.2. The third-order valence-electron chi connectivity index (χ3n) is 3.15. The normalized spacial score (nSPS) is 10.9. The Morgan fingerprint density at radius 3 is 2.55 bits per heavy atom. The van der Waals surface area contributed by atoms with E-state index in [1.54, 1.807) is 12.1 Å². The van der Waals surface area contributed by atoms with Crippen LogP contribution < -0.4 is 10.5 Å². The maximum Gasteiger partial charge on any atom is 0.153 e. The van der Waals surface area contributed by atoms with Gasteiger partial charge in [-0.15, -0.1) is 0 Å². The number of nitrogens with two attached hydrogens (primary N) is 1. The summed E-state index contributed by atoms with van der Waals surface area (Å²) in [6, 6.07) is 8.24. The van der Waals surface area contributed by atoms with Crippen molar-refractivity contribution in [3.8, 4) is 11.5 Å². The molecular formula is C16H17ClFNO. The van der Waals surface area contributed by atoms with Crippen LogP contribution in [-0.4, -0.2) is 0 Å². The Kier molecular flexibility index (Phi) is 4.19. The minimum atomic E-state index is -0.488. The summed E-state index contributed by atoms with van der Waals surface area (Å²) in [6.07, 6.45) is 0. The van der Waals surface area contributed by atoms with Crippen molar-refractivity contribution in [2.75, 3.05) is 5.73 Å². The molecule has 106 valence electrons. The second-order valence-corrected chi connectivity index (χ2v) is 5.45. The number of nitrogen functional groups attached to an aromatic ring is 1. The zero-order valence-corrected chi connectivity index (χ0v) is 12.5. The third kappa shape index (κ3) is 2.88. The first-order valence-electron chi connectivity index (χ1n) is 6.42. The summed E-state index contributed by atoms with van der Waals surface area (Å²) in [5, 5.41) is 0.706. The molecule has 0 aliphatic rings. The zero-order chi connectivity index (χ0) is 14.9. The monoisotopic (exact) mass is 293 g/mol. The van der Waals surface area contributed by atoms with Crippen molar-refractivity contribution in [3.63, 3.8) is 0 Å². The molecule has 0 atom stereocenters. The summed E-state index contributed by atoms with van der Waals surface area (Å²) in [7, 11) is 0. The molecule has 0 saturated heterocycles. The van der Waals surface area contributed by atoms with Gasteiger partial charge >= 0.3 is 0 Å². The van der Waals surface area contributed by atoms with Gasteiger partial charge in [0.05, 0.1) is 0 Å². The highest BCUT2D eigenvalue weighted by Crippen LogP contribution is 2.35. The van der Waals surface area contributed by atoms with Gasteiger partial charge in [-0.1, -0.05) is 31.5 Å². The maximum atomic E-state index is 13.4. The van der Waals surface area contributed by atoms with E-state index < -0.39 is 5.82 Å². The zero-order valence-electron chi connectivity index (χ0n) is 11.7. The number of hydrogen-bond donors (Lipinski definition) is 1. The average Bonchev–Trinajstić information content (AvgIpc) is 2.37. The van der Waals surface area contributed by atoms with E-state index in [1.807, 2.05) is 19.1 Å². The van der Waals surface area contributed by atoms with E-state index in [0.717, 1.165) is 11.1 Å². The molecule has 0 heterocycles. The predicted octanol–water partition coefficient (Wildman–Crippen LogP) is 5.29. The number of hydrogen-bond acceptors (Lipinski definition) is 2.